The zero-order chi connectivity index (χ0) is 34.9. The van der Waals surface area contributed by atoms with Gasteiger partial charge in [0.05, 0.1) is 12.8 Å². The van der Waals surface area contributed by atoms with Gasteiger partial charge in [-0.3, -0.25) is 14.9 Å². The third kappa shape index (κ3) is 6.14. The lowest BCUT2D eigenvalue weighted by atomic mass is 9.76. The summed E-state index contributed by atoms with van der Waals surface area (Å²) in [6.07, 6.45) is 3.30. The lowest BCUT2D eigenvalue weighted by Crippen LogP contribution is -2.54. The molecule has 0 saturated carbocycles. The van der Waals surface area contributed by atoms with Crippen molar-refractivity contribution in [3.63, 3.8) is 0 Å². The van der Waals surface area contributed by atoms with E-state index in [2.05, 4.69) is 34.5 Å². The molecule has 0 unspecified atom stereocenters. The third-order valence-corrected chi connectivity index (χ3v) is 10.1. The number of hydrogen-bond acceptors (Lipinski definition) is 6. The summed E-state index contributed by atoms with van der Waals surface area (Å²) in [6.45, 7) is 2.11. The highest BCUT2D eigenvalue weighted by molar-refractivity contribution is 6.39. The molecular formula is C43H37N3O5. The first-order chi connectivity index (χ1) is 25.0. The predicted octanol–water partition coefficient (Wildman–Crippen LogP) is 7.82. The number of ether oxygens (including phenoxy) is 2. The van der Waals surface area contributed by atoms with E-state index in [0.29, 0.717) is 22.7 Å². The molecule has 0 radical (unpaired) electrons. The van der Waals surface area contributed by atoms with Gasteiger partial charge in [0, 0.05) is 42.2 Å². The molecule has 3 heterocycles. The molecule has 3 aliphatic rings. The topological polar surface area (TPSA) is 88.2 Å². The summed E-state index contributed by atoms with van der Waals surface area (Å²) in [6, 6.07) is 38.8. The van der Waals surface area contributed by atoms with Crippen LogP contribution in [0.2, 0.25) is 0 Å². The average molecular weight is 676 g/mol. The number of carbonyl (C=O) groups is 3. The SMILES string of the molecule is COc1ccc(/C=C2\C(=O)NC(=O)N(c3cc4c5c(c3)[C@H](c3ccccc3)CCN5CC[C@@H]4c3ccccc3)C2=O)c(OCc2ccccc2)c1. The molecule has 8 rings (SSSR count). The molecular weight excluding hydrogens is 638 g/mol. The number of nitrogens with zero attached hydrogens (tertiary/aromatic N) is 2. The van der Waals surface area contributed by atoms with Gasteiger partial charge in [-0.2, -0.15) is 0 Å². The van der Waals surface area contributed by atoms with Crippen molar-refractivity contribution in [2.45, 2.75) is 31.3 Å². The Bertz CT molecular complexity index is 2080. The van der Waals surface area contributed by atoms with E-state index in [1.165, 1.54) is 22.9 Å². The molecule has 0 spiro atoms. The summed E-state index contributed by atoms with van der Waals surface area (Å²) in [5, 5.41) is 2.44. The molecule has 1 fully saturated rings. The molecule has 5 aromatic rings. The van der Waals surface area contributed by atoms with Crippen molar-refractivity contribution in [1.82, 2.24) is 5.32 Å². The summed E-state index contributed by atoms with van der Waals surface area (Å²) in [5.41, 5.74) is 7.43. The van der Waals surface area contributed by atoms with Gasteiger partial charge in [0.15, 0.2) is 0 Å². The van der Waals surface area contributed by atoms with Gasteiger partial charge in [-0.05, 0) is 71.0 Å². The van der Waals surface area contributed by atoms with Gasteiger partial charge < -0.3 is 14.4 Å². The first-order valence-corrected chi connectivity index (χ1v) is 17.3. The van der Waals surface area contributed by atoms with Crippen molar-refractivity contribution in [3.8, 4) is 11.5 Å². The van der Waals surface area contributed by atoms with Crippen molar-refractivity contribution in [3.05, 3.63) is 160 Å². The van der Waals surface area contributed by atoms with Crippen molar-refractivity contribution in [2.24, 2.45) is 0 Å². The number of rotatable bonds is 8. The maximum absolute atomic E-state index is 14.4. The maximum Gasteiger partial charge on any atom is 0.335 e. The van der Waals surface area contributed by atoms with Crippen molar-refractivity contribution < 1.29 is 23.9 Å². The van der Waals surface area contributed by atoms with Crippen molar-refractivity contribution >= 4 is 35.3 Å². The largest absolute Gasteiger partial charge is 0.497 e. The van der Waals surface area contributed by atoms with E-state index in [9.17, 15) is 14.4 Å². The highest BCUT2D eigenvalue weighted by Gasteiger charge is 2.40. The number of hydrogen-bond donors (Lipinski definition) is 1. The maximum atomic E-state index is 14.4. The van der Waals surface area contributed by atoms with Crippen LogP contribution >= 0.6 is 0 Å². The number of urea groups is 1. The van der Waals surface area contributed by atoms with Gasteiger partial charge in [0.1, 0.15) is 23.7 Å². The van der Waals surface area contributed by atoms with E-state index < -0.39 is 17.8 Å². The number of carbonyl (C=O) groups excluding carboxylic acids is 3. The molecule has 4 amide bonds. The summed E-state index contributed by atoms with van der Waals surface area (Å²) in [5.74, 6) is -0.306. The van der Waals surface area contributed by atoms with Crippen LogP contribution in [0, 0.1) is 0 Å². The smallest absolute Gasteiger partial charge is 0.335 e. The Hall–Kier alpha value is -6.15. The molecule has 0 aliphatic carbocycles. The van der Waals surface area contributed by atoms with Gasteiger partial charge in [-0.1, -0.05) is 91.0 Å². The fourth-order valence-corrected chi connectivity index (χ4v) is 7.64. The minimum atomic E-state index is -0.777. The zero-order valence-electron chi connectivity index (χ0n) is 28.3. The van der Waals surface area contributed by atoms with E-state index in [-0.39, 0.29) is 24.0 Å². The lowest BCUT2D eigenvalue weighted by Gasteiger charge is -2.44. The van der Waals surface area contributed by atoms with Crippen molar-refractivity contribution in [1.29, 1.82) is 0 Å². The van der Waals surface area contributed by atoms with Gasteiger partial charge >= 0.3 is 6.03 Å². The number of nitrogens with one attached hydrogen (secondary N) is 1. The minimum absolute atomic E-state index is 0.0777. The molecule has 1 N–H and O–H groups in total. The first-order valence-electron chi connectivity index (χ1n) is 17.3. The molecule has 51 heavy (non-hydrogen) atoms. The van der Waals surface area contributed by atoms with E-state index in [1.807, 2.05) is 78.9 Å². The second kappa shape index (κ2) is 13.6. The Labute approximate surface area is 296 Å². The van der Waals surface area contributed by atoms with Gasteiger partial charge in [0.25, 0.3) is 11.8 Å². The molecule has 1 saturated heterocycles. The Balaban J connectivity index is 1.22. The molecule has 8 heteroatoms. The van der Waals surface area contributed by atoms with Crippen LogP contribution in [0.1, 0.15) is 58.1 Å². The third-order valence-electron chi connectivity index (χ3n) is 10.1. The minimum Gasteiger partial charge on any atom is -0.497 e. The van der Waals surface area contributed by atoms with Crippen LogP contribution in [0.3, 0.4) is 0 Å². The Morgan fingerprint density at radius 3 is 1.92 bits per heavy atom. The zero-order valence-corrected chi connectivity index (χ0v) is 28.3. The quantitative estimate of drug-likeness (QED) is 0.133. The molecule has 254 valence electrons. The Morgan fingerprint density at radius 1 is 0.745 bits per heavy atom. The average Bonchev–Trinajstić information content (AvgIpc) is 3.17. The first kappa shape index (κ1) is 32.1. The summed E-state index contributed by atoms with van der Waals surface area (Å²) >= 11 is 0. The van der Waals surface area contributed by atoms with Crippen LogP contribution < -0.4 is 24.6 Å². The van der Waals surface area contributed by atoms with Crippen LogP contribution in [-0.2, 0) is 16.2 Å². The molecule has 0 bridgehead atoms. The number of amides is 4. The summed E-state index contributed by atoms with van der Waals surface area (Å²) < 4.78 is 11.6. The van der Waals surface area contributed by atoms with E-state index in [4.69, 9.17) is 9.47 Å². The summed E-state index contributed by atoms with van der Waals surface area (Å²) in [7, 11) is 1.56. The Kier molecular flexibility index (Phi) is 8.57. The molecule has 8 nitrogen and oxygen atoms in total. The fraction of sp³-hybridized carbons (Fsp3) is 0.186. The normalized spacial score (nSPS) is 19.1. The number of methoxy groups -OCH3 is 1. The predicted molar refractivity (Wildman–Crippen MR) is 197 cm³/mol. The second-order valence-electron chi connectivity index (χ2n) is 13.1. The van der Waals surface area contributed by atoms with Gasteiger partial charge in [-0.25, -0.2) is 9.69 Å². The Morgan fingerprint density at radius 2 is 1.33 bits per heavy atom. The number of benzene rings is 5. The molecule has 0 aromatic heterocycles. The highest BCUT2D eigenvalue weighted by Crippen LogP contribution is 2.50. The van der Waals surface area contributed by atoms with Crippen LogP contribution in [0.4, 0.5) is 16.2 Å². The van der Waals surface area contributed by atoms with E-state index in [0.717, 1.165) is 47.5 Å². The van der Waals surface area contributed by atoms with Crippen LogP contribution in [0.25, 0.3) is 6.08 Å². The second-order valence-corrected chi connectivity index (χ2v) is 13.1. The van der Waals surface area contributed by atoms with Crippen molar-refractivity contribution in [2.75, 3.05) is 30.0 Å². The number of anilines is 2. The standard InChI is InChI=1S/C43H37N3O5/c1-50-33-18-17-31(39(26-33)51-27-28-11-5-2-6-12-28)23-38-41(47)44-43(49)46(42(38)48)32-24-36-34(29-13-7-3-8-14-29)19-21-45-22-20-35(37(25-32)40(36)45)30-15-9-4-10-16-30/h2-18,23-26,34-35H,19-22,27H2,1H3,(H,44,47,49)/b38-23+/t34-,35+. The monoisotopic (exact) mass is 675 g/mol. The van der Waals surface area contributed by atoms with Gasteiger partial charge in [-0.15, -0.1) is 0 Å². The molecule has 5 aromatic carbocycles. The van der Waals surface area contributed by atoms with E-state index >= 15 is 0 Å². The van der Waals surface area contributed by atoms with E-state index in [1.54, 1.807) is 25.3 Å². The lowest BCUT2D eigenvalue weighted by molar-refractivity contribution is -0.122. The number of barbiturate groups is 1. The molecule has 2 atom stereocenters. The van der Waals surface area contributed by atoms with Gasteiger partial charge in [0.2, 0.25) is 0 Å². The van der Waals surface area contributed by atoms with Crippen LogP contribution in [-0.4, -0.2) is 38.0 Å². The van der Waals surface area contributed by atoms with Crippen LogP contribution in [0.5, 0.6) is 11.5 Å². The highest BCUT2D eigenvalue weighted by atomic mass is 16.5. The fourth-order valence-electron chi connectivity index (χ4n) is 7.64. The van der Waals surface area contributed by atoms with Crippen LogP contribution in [0.15, 0.2) is 127 Å². The summed E-state index contributed by atoms with van der Waals surface area (Å²) in [4.78, 5) is 45.0. The molecule has 3 aliphatic heterocycles. The number of imide groups is 2.